The molecule has 1 heterocycles. The van der Waals surface area contributed by atoms with Gasteiger partial charge in [-0.2, -0.15) is 0 Å². The number of alkyl halides is 2. The zero-order chi connectivity index (χ0) is 9.84. The molecule has 0 aliphatic rings. The Morgan fingerprint density at radius 2 is 2.38 bits per heavy atom. The SMILES string of the molecule is O=C(O)CCc1cnc(C(F)F)s1. The highest BCUT2D eigenvalue weighted by Gasteiger charge is 2.12. The number of aryl methyl sites for hydroxylation is 1. The van der Waals surface area contributed by atoms with Crippen molar-refractivity contribution < 1.29 is 18.7 Å². The van der Waals surface area contributed by atoms with Crippen LogP contribution >= 0.6 is 11.3 Å². The molecule has 6 heteroatoms. The number of carboxylic acid groups (broad SMARTS) is 1. The molecule has 0 saturated heterocycles. The van der Waals surface area contributed by atoms with E-state index in [4.69, 9.17) is 5.11 Å². The van der Waals surface area contributed by atoms with Gasteiger partial charge in [0, 0.05) is 11.1 Å². The number of hydrogen-bond donors (Lipinski definition) is 1. The monoisotopic (exact) mass is 207 g/mol. The van der Waals surface area contributed by atoms with Crippen molar-refractivity contribution in [3.8, 4) is 0 Å². The molecule has 1 N–H and O–H groups in total. The van der Waals surface area contributed by atoms with E-state index in [1.54, 1.807) is 0 Å². The van der Waals surface area contributed by atoms with Crippen LogP contribution in [0, 0.1) is 0 Å². The van der Waals surface area contributed by atoms with Crippen molar-refractivity contribution in [1.82, 2.24) is 4.98 Å². The lowest BCUT2D eigenvalue weighted by Crippen LogP contribution is -1.95. The third-order valence-corrected chi connectivity index (χ3v) is 2.41. The predicted molar refractivity (Wildman–Crippen MR) is 43.0 cm³/mol. The van der Waals surface area contributed by atoms with Crippen molar-refractivity contribution in [2.45, 2.75) is 19.3 Å². The maximum Gasteiger partial charge on any atom is 0.303 e. The van der Waals surface area contributed by atoms with Crippen LogP contribution in [0.25, 0.3) is 0 Å². The number of carbonyl (C=O) groups is 1. The van der Waals surface area contributed by atoms with Gasteiger partial charge in [-0.1, -0.05) is 0 Å². The Morgan fingerprint density at radius 1 is 1.69 bits per heavy atom. The first-order chi connectivity index (χ1) is 6.09. The highest BCUT2D eigenvalue weighted by Crippen LogP contribution is 2.24. The predicted octanol–water partition coefficient (Wildman–Crippen LogP) is 2.10. The van der Waals surface area contributed by atoms with E-state index >= 15 is 0 Å². The van der Waals surface area contributed by atoms with Gasteiger partial charge in [-0.15, -0.1) is 11.3 Å². The second kappa shape index (κ2) is 4.27. The van der Waals surface area contributed by atoms with Crippen LogP contribution in [0.15, 0.2) is 6.20 Å². The number of aliphatic carboxylic acids is 1. The topological polar surface area (TPSA) is 50.2 Å². The summed E-state index contributed by atoms with van der Waals surface area (Å²) < 4.78 is 24.0. The van der Waals surface area contributed by atoms with Crippen molar-refractivity contribution in [2.75, 3.05) is 0 Å². The van der Waals surface area contributed by atoms with Gasteiger partial charge in [0.05, 0.1) is 6.42 Å². The zero-order valence-electron chi connectivity index (χ0n) is 6.54. The lowest BCUT2D eigenvalue weighted by atomic mass is 10.3. The Kier molecular flexibility index (Phi) is 3.30. The molecule has 1 aromatic rings. The van der Waals surface area contributed by atoms with Crippen LogP contribution < -0.4 is 0 Å². The van der Waals surface area contributed by atoms with E-state index in [-0.39, 0.29) is 17.8 Å². The van der Waals surface area contributed by atoms with Gasteiger partial charge in [-0.3, -0.25) is 4.79 Å². The second-order valence-corrected chi connectivity index (χ2v) is 3.51. The molecular formula is C7H7F2NO2S. The van der Waals surface area contributed by atoms with Crippen molar-refractivity contribution in [3.63, 3.8) is 0 Å². The smallest absolute Gasteiger partial charge is 0.303 e. The Hall–Kier alpha value is -1.04. The number of hydrogen-bond acceptors (Lipinski definition) is 3. The third-order valence-electron chi connectivity index (χ3n) is 1.34. The first kappa shape index (κ1) is 10.0. The average molecular weight is 207 g/mol. The highest BCUT2D eigenvalue weighted by atomic mass is 32.1. The quantitative estimate of drug-likeness (QED) is 0.822. The first-order valence-corrected chi connectivity index (χ1v) is 4.36. The molecule has 0 fully saturated rings. The number of rotatable bonds is 4. The van der Waals surface area contributed by atoms with E-state index in [0.29, 0.717) is 4.88 Å². The number of thiazole rings is 1. The number of aromatic nitrogens is 1. The Labute approximate surface area is 77.0 Å². The molecule has 3 nitrogen and oxygen atoms in total. The van der Waals surface area contributed by atoms with Gasteiger partial charge in [-0.25, -0.2) is 13.8 Å². The van der Waals surface area contributed by atoms with Crippen LogP contribution in [-0.2, 0) is 11.2 Å². The molecule has 0 saturated carbocycles. The minimum Gasteiger partial charge on any atom is -0.481 e. The van der Waals surface area contributed by atoms with E-state index in [2.05, 4.69) is 4.98 Å². The Bertz CT molecular complexity index is 300. The van der Waals surface area contributed by atoms with Gasteiger partial charge in [0.25, 0.3) is 6.43 Å². The molecule has 0 aromatic carbocycles. The van der Waals surface area contributed by atoms with Crippen LogP contribution in [0.3, 0.4) is 0 Å². The minimum atomic E-state index is -2.57. The van der Waals surface area contributed by atoms with Crippen LogP contribution in [0.1, 0.15) is 22.7 Å². The van der Waals surface area contributed by atoms with Gasteiger partial charge < -0.3 is 5.11 Å². The fourth-order valence-electron chi connectivity index (χ4n) is 0.769. The maximum atomic E-state index is 12.0. The average Bonchev–Trinajstić information content (AvgIpc) is 2.48. The molecule has 0 radical (unpaired) electrons. The number of halogens is 2. The summed E-state index contributed by atoms with van der Waals surface area (Å²) in [5.74, 6) is -0.938. The fraction of sp³-hybridized carbons (Fsp3) is 0.429. The van der Waals surface area contributed by atoms with E-state index < -0.39 is 12.4 Å². The second-order valence-electron chi connectivity index (χ2n) is 2.36. The molecule has 1 rings (SSSR count). The number of nitrogens with zero attached hydrogens (tertiary/aromatic N) is 1. The van der Waals surface area contributed by atoms with Gasteiger partial charge in [0.15, 0.2) is 5.01 Å². The molecule has 0 unspecified atom stereocenters. The summed E-state index contributed by atoms with van der Waals surface area (Å²) in [7, 11) is 0. The summed E-state index contributed by atoms with van der Waals surface area (Å²) in [5.41, 5.74) is 0. The Morgan fingerprint density at radius 3 is 2.85 bits per heavy atom. The highest BCUT2D eigenvalue weighted by molar-refractivity contribution is 7.11. The lowest BCUT2D eigenvalue weighted by molar-refractivity contribution is -0.136. The third kappa shape index (κ3) is 3.06. The molecule has 0 spiro atoms. The molecule has 0 atom stereocenters. The fourth-order valence-corrected chi connectivity index (χ4v) is 1.54. The molecular weight excluding hydrogens is 200 g/mol. The maximum absolute atomic E-state index is 12.0. The van der Waals surface area contributed by atoms with Gasteiger partial charge in [0.2, 0.25) is 0 Å². The summed E-state index contributed by atoms with van der Waals surface area (Å²) in [6.45, 7) is 0. The minimum absolute atomic E-state index is 0.0507. The molecule has 0 bridgehead atoms. The summed E-state index contributed by atoms with van der Waals surface area (Å²) in [6, 6.07) is 0. The van der Waals surface area contributed by atoms with Crippen LogP contribution in [0.2, 0.25) is 0 Å². The summed E-state index contributed by atoms with van der Waals surface area (Å²) in [5, 5.41) is 8.08. The van der Waals surface area contributed by atoms with E-state index in [1.807, 2.05) is 0 Å². The van der Waals surface area contributed by atoms with Crippen molar-refractivity contribution >= 4 is 17.3 Å². The van der Waals surface area contributed by atoms with Gasteiger partial charge >= 0.3 is 5.97 Å². The van der Waals surface area contributed by atoms with Crippen LogP contribution in [0.4, 0.5) is 8.78 Å². The van der Waals surface area contributed by atoms with Crippen molar-refractivity contribution in [1.29, 1.82) is 0 Å². The molecule has 13 heavy (non-hydrogen) atoms. The Balaban J connectivity index is 2.54. The molecule has 0 aliphatic heterocycles. The van der Waals surface area contributed by atoms with Crippen LogP contribution in [0.5, 0.6) is 0 Å². The van der Waals surface area contributed by atoms with E-state index in [0.717, 1.165) is 11.3 Å². The zero-order valence-corrected chi connectivity index (χ0v) is 7.35. The van der Waals surface area contributed by atoms with E-state index in [9.17, 15) is 13.6 Å². The lowest BCUT2D eigenvalue weighted by Gasteiger charge is -1.90. The van der Waals surface area contributed by atoms with Gasteiger partial charge in [0.1, 0.15) is 0 Å². The summed E-state index contributed by atoms with van der Waals surface area (Å²) >= 11 is 0.859. The largest absolute Gasteiger partial charge is 0.481 e. The molecule has 0 aliphatic carbocycles. The van der Waals surface area contributed by atoms with Crippen LogP contribution in [-0.4, -0.2) is 16.1 Å². The normalized spacial score (nSPS) is 10.7. The van der Waals surface area contributed by atoms with E-state index in [1.165, 1.54) is 6.20 Å². The number of carboxylic acids is 1. The van der Waals surface area contributed by atoms with Crippen molar-refractivity contribution in [2.24, 2.45) is 0 Å². The molecule has 72 valence electrons. The van der Waals surface area contributed by atoms with Gasteiger partial charge in [-0.05, 0) is 6.42 Å². The molecule has 0 amide bonds. The standard InChI is InChI=1S/C7H7F2NO2S/c8-6(9)7-10-3-4(13-7)1-2-5(11)12/h3,6H,1-2H2,(H,11,12). The first-order valence-electron chi connectivity index (χ1n) is 3.54. The summed E-state index contributed by atoms with van der Waals surface area (Å²) in [6.07, 6.45) is -1.05. The molecule has 1 aromatic heterocycles. The summed E-state index contributed by atoms with van der Waals surface area (Å²) in [4.78, 5) is 14.2. The van der Waals surface area contributed by atoms with Crippen molar-refractivity contribution in [3.05, 3.63) is 16.1 Å².